The Morgan fingerprint density at radius 1 is 1.14 bits per heavy atom. The summed E-state index contributed by atoms with van der Waals surface area (Å²) in [6.07, 6.45) is -0.626. The van der Waals surface area contributed by atoms with Gasteiger partial charge in [0.2, 0.25) is 0 Å². The van der Waals surface area contributed by atoms with Gasteiger partial charge in [0.1, 0.15) is 6.04 Å². The van der Waals surface area contributed by atoms with Gasteiger partial charge in [-0.2, -0.15) is 0 Å². The monoisotopic (exact) mass is 205 g/mol. The zero-order chi connectivity index (χ0) is 11.3. The molecule has 80 valence electrons. The minimum atomic E-state index is -1.35. The van der Waals surface area contributed by atoms with Gasteiger partial charge in [0.25, 0.3) is 0 Å². The predicted octanol–water partition coefficient (Wildman–Crippen LogP) is -1.07. The Hall–Kier alpha value is -1.63. The normalized spacial score (nSPS) is 12.4. The maximum atomic E-state index is 10.6. The van der Waals surface area contributed by atoms with Crippen molar-refractivity contribution in [2.45, 2.75) is 12.5 Å². The Morgan fingerprint density at radius 3 is 1.93 bits per heavy atom. The number of carbonyl (C=O) groups is 3. The van der Waals surface area contributed by atoms with Crippen molar-refractivity contribution in [3.63, 3.8) is 0 Å². The van der Waals surface area contributed by atoms with E-state index in [1.165, 1.54) is 7.05 Å². The highest BCUT2D eigenvalue weighted by Crippen LogP contribution is 2.02. The lowest BCUT2D eigenvalue weighted by atomic mass is 10.2. The second-order valence-electron chi connectivity index (χ2n) is 2.76. The minimum Gasteiger partial charge on any atom is -0.481 e. The van der Waals surface area contributed by atoms with Crippen LogP contribution >= 0.6 is 0 Å². The SMILES string of the molecule is CN(CC(=O)O)[C@@H](CC(=O)O)C(=O)O. The van der Waals surface area contributed by atoms with E-state index in [1.54, 1.807) is 0 Å². The first-order valence-corrected chi connectivity index (χ1v) is 3.71. The molecule has 0 radical (unpaired) electrons. The second-order valence-corrected chi connectivity index (χ2v) is 2.76. The van der Waals surface area contributed by atoms with E-state index in [0.717, 1.165) is 4.90 Å². The summed E-state index contributed by atoms with van der Waals surface area (Å²) in [5.41, 5.74) is 0. The highest BCUT2D eigenvalue weighted by atomic mass is 16.4. The number of rotatable bonds is 6. The molecule has 0 fully saturated rings. The molecule has 0 bridgehead atoms. The largest absolute Gasteiger partial charge is 0.481 e. The summed E-state index contributed by atoms with van der Waals surface area (Å²) in [6, 6.07) is -1.32. The van der Waals surface area contributed by atoms with E-state index in [0.29, 0.717) is 0 Å². The highest BCUT2D eigenvalue weighted by molar-refractivity contribution is 5.81. The fourth-order valence-corrected chi connectivity index (χ4v) is 0.921. The molecule has 0 aliphatic rings. The third-order valence-corrected chi connectivity index (χ3v) is 1.57. The van der Waals surface area contributed by atoms with E-state index in [9.17, 15) is 14.4 Å². The molecule has 0 saturated heterocycles. The van der Waals surface area contributed by atoms with E-state index >= 15 is 0 Å². The summed E-state index contributed by atoms with van der Waals surface area (Å²) in [5.74, 6) is -3.84. The van der Waals surface area contributed by atoms with Crippen LogP contribution in [0.25, 0.3) is 0 Å². The number of hydrogen-bond donors (Lipinski definition) is 3. The summed E-state index contributed by atoms with van der Waals surface area (Å²) in [4.78, 5) is 32.0. The van der Waals surface area contributed by atoms with E-state index in [-0.39, 0.29) is 0 Å². The predicted molar refractivity (Wildman–Crippen MR) is 43.9 cm³/mol. The van der Waals surface area contributed by atoms with Crippen molar-refractivity contribution in [1.29, 1.82) is 0 Å². The minimum absolute atomic E-state index is 0.510. The highest BCUT2D eigenvalue weighted by Gasteiger charge is 2.26. The number of carboxylic acid groups (broad SMARTS) is 3. The van der Waals surface area contributed by atoms with Crippen LogP contribution in [0.1, 0.15) is 6.42 Å². The van der Waals surface area contributed by atoms with Gasteiger partial charge in [-0.25, -0.2) is 0 Å². The van der Waals surface area contributed by atoms with Crippen molar-refractivity contribution in [2.24, 2.45) is 0 Å². The van der Waals surface area contributed by atoms with Crippen LogP contribution in [-0.2, 0) is 14.4 Å². The third-order valence-electron chi connectivity index (χ3n) is 1.57. The Bertz CT molecular complexity index is 251. The van der Waals surface area contributed by atoms with Gasteiger partial charge >= 0.3 is 17.9 Å². The molecule has 7 nitrogen and oxygen atoms in total. The molecule has 0 aliphatic heterocycles. The van der Waals surface area contributed by atoms with Gasteiger partial charge in [-0.05, 0) is 7.05 Å². The van der Waals surface area contributed by atoms with Crippen LogP contribution in [0.15, 0.2) is 0 Å². The van der Waals surface area contributed by atoms with Crippen LogP contribution in [0.4, 0.5) is 0 Å². The number of nitrogens with zero attached hydrogens (tertiary/aromatic N) is 1. The third kappa shape index (κ3) is 4.41. The lowest BCUT2D eigenvalue weighted by Crippen LogP contribution is -2.42. The Morgan fingerprint density at radius 2 is 1.64 bits per heavy atom. The van der Waals surface area contributed by atoms with Gasteiger partial charge in [0.15, 0.2) is 0 Å². The molecule has 0 unspecified atom stereocenters. The van der Waals surface area contributed by atoms with Crippen LogP contribution < -0.4 is 0 Å². The van der Waals surface area contributed by atoms with Crippen molar-refractivity contribution < 1.29 is 29.7 Å². The summed E-state index contributed by atoms with van der Waals surface area (Å²) in [5, 5.41) is 25.4. The van der Waals surface area contributed by atoms with Crippen LogP contribution in [0.3, 0.4) is 0 Å². The first-order valence-electron chi connectivity index (χ1n) is 3.71. The van der Waals surface area contributed by atoms with Crippen LogP contribution in [-0.4, -0.2) is 57.8 Å². The maximum Gasteiger partial charge on any atom is 0.321 e. The summed E-state index contributed by atoms with van der Waals surface area (Å²) < 4.78 is 0. The fraction of sp³-hybridized carbons (Fsp3) is 0.571. The molecule has 7 heteroatoms. The van der Waals surface area contributed by atoms with Crippen LogP contribution in [0.2, 0.25) is 0 Å². The van der Waals surface area contributed by atoms with Crippen molar-refractivity contribution >= 4 is 17.9 Å². The van der Waals surface area contributed by atoms with Gasteiger partial charge in [-0.15, -0.1) is 0 Å². The second kappa shape index (κ2) is 5.18. The van der Waals surface area contributed by atoms with Crippen molar-refractivity contribution in [1.82, 2.24) is 4.90 Å². The van der Waals surface area contributed by atoms with Crippen LogP contribution in [0.5, 0.6) is 0 Å². The molecule has 0 heterocycles. The van der Waals surface area contributed by atoms with E-state index < -0.39 is 36.9 Å². The summed E-state index contributed by atoms with van der Waals surface area (Å²) in [7, 11) is 1.25. The molecular weight excluding hydrogens is 194 g/mol. The topological polar surface area (TPSA) is 115 Å². The molecule has 0 aromatic rings. The quantitative estimate of drug-likeness (QED) is 0.505. The van der Waals surface area contributed by atoms with Gasteiger partial charge in [0.05, 0.1) is 13.0 Å². The number of aliphatic carboxylic acids is 3. The molecule has 0 aliphatic carbocycles. The van der Waals surface area contributed by atoms with E-state index in [1.807, 2.05) is 0 Å². The molecule has 0 amide bonds. The summed E-state index contributed by atoms with van der Waals surface area (Å²) in [6.45, 7) is -0.510. The number of carboxylic acids is 3. The van der Waals surface area contributed by atoms with Gasteiger partial charge < -0.3 is 15.3 Å². The molecular formula is C7H11NO6. The first kappa shape index (κ1) is 12.4. The van der Waals surface area contributed by atoms with Gasteiger partial charge in [-0.1, -0.05) is 0 Å². The van der Waals surface area contributed by atoms with Crippen molar-refractivity contribution in [3.05, 3.63) is 0 Å². The van der Waals surface area contributed by atoms with E-state index in [2.05, 4.69) is 0 Å². The zero-order valence-electron chi connectivity index (χ0n) is 7.51. The molecule has 3 N–H and O–H groups in total. The zero-order valence-corrected chi connectivity index (χ0v) is 7.51. The number of hydrogen-bond acceptors (Lipinski definition) is 4. The lowest BCUT2D eigenvalue weighted by Gasteiger charge is -2.20. The Kier molecular flexibility index (Phi) is 4.57. The molecule has 0 rings (SSSR count). The standard InChI is InChI=1S/C7H11NO6/c1-8(3-6(11)12)4(7(13)14)2-5(9)10/h4H,2-3H2,1H3,(H,9,10)(H,11,12)(H,13,14)/t4-/m0/s1. The Balaban J connectivity index is 4.40. The average molecular weight is 205 g/mol. The molecule has 0 saturated carbocycles. The van der Waals surface area contributed by atoms with Crippen molar-refractivity contribution in [2.75, 3.05) is 13.6 Å². The maximum absolute atomic E-state index is 10.6. The smallest absolute Gasteiger partial charge is 0.321 e. The molecule has 0 spiro atoms. The molecule has 0 aromatic heterocycles. The summed E-state index contributed by atoms with van der Waals surface area (Å²) >= 11 is 0. The molecule has 1 atom stereocenters. The molecule has 14 heavy (non-hydrogen) atoms. The van der Waals surface area contributed by atoms with E-state index in [4.69, 9.17) is 15.3 Å². The lowest BCUT2D eigenvalue weighted by molar-refractivity contribution is -0.151. The molecule has 0 aromatic carbocycles. The number of likely N-dealkylation sites (N-methyl/N-ethyl adjacent to an activating group) is 1. The van der Waals surface area contributed by atoms with Crippen LogP contribution in [0, 0.1) is 0 Å². The first-order chi connectivity index (χ1) is 6.34. The van der Waals surface area contributed by atoms with Gasteiger partial charge in [-0.3, -0.25) is 19.3 Å². The van der Waals surface area contributed by atoms with Gasteiger partial charge in [0, 0.05) is 0 Å². The van der Waals surface area contributed by atoms with Crippen molar-refractivity contribution in [3.8, 4) is 0 Å². The fourth-order valence-electron chi connectivity index (χ4n) is 0.921. The average Bonchev–Trinajstić information content (AvgIpc) is 1.97. The Labute approximate surface area is 79.6 Å².